The van der Waals surface area contributed by atoms with Gasteiger partial charge in [-0.1, -0.05) is 6.92 Å². The fourth-order valence-corrected chi connectivity index (χ4v) is 3.40. The highest BCUT2D eigenvalue weighted by molar-refractivity contribution is 7.09. The van der Waals surface area contributed by atoms with Crippen molar-refractivity contribution < 1.29 is 9.90 Å². The molecule has 0 spiro atoms. The Morgan fingerprint density at radius 1 is 1.61 bits per heavy atom. The van der Waals surface area contributed by atoms with Crippen LogP contribution in [0.1, 0.15) is 49.7 Å². The van der Waals surface area contributed by atoms with E-state index >= 15 is 0 Å². The van der Waals surface area contributed by atoms with E-state index in [-0.39, 0.29) is 12.0 Å². The smallest absolute Gasteiger partial charge is 0.303 e. The summed E-state index contributed by atoms with van der Waals surface area (Å²) in [5, 5.41) is 11.6. The van der Waals surface area contributed by atoms with Crippen LogP contribution in [-0.2, 0) is 16.8 Å². The van der Waals surface area contributed by atoms with Crippen molar-refractivity contribution in [3.05, 3.63) is 16.1 Å². The van der Waals surface area contributed by atoms with E-state index in [4.69, 9.17) is 10.8 Å². The van der Waals surface area contributed by atoms with Crippen LogP contribution in [-0.4, -0.2) is 16.1 Å². The minimum atomic E-state index is -0.779. The first-order chi connectivity index (χ1) is 8.49. The minimum Gasteiger partial charge on any atom is -0.481 e. The number of rotatable bonds is 4. The Kier molecular flexibility index (Phi) is 4.02. The number of carbonyl (C=O) groups is 1. The van der Waals surface area contributed by atoms with Gasteiger partial charge in [0.1, 0.15) is 5.01 Å². The third-order valence-corrected chi connectivity index (χ3v) is 4.85. The van der Waals surface area contributed by atoms with Gasteiger partial charge in [-0.3, -0.25) is 4.79 Å². The van der Waals surface area contributed by atoms with Gasteiger partial charge in [-0.15, -0.1) is 11.3 Å². The van der Waals surface area contributed by atoms with Crippen LogP contribution in [0.3, 0.4) is 0 Å². The summed E-state index contributed by atoms with van der Waals surface area (Å²) in [5.41, 5.74) is 7.03. The minimum absolute atomic E-state index is 0.137. The van der Waals surface area contributed by atoms with Gasteiger partial charge in [0, 0.05) is 11.8 Å². The molecule has 18 heavy (non-hydrogen) atoms. The van der Waals surface area contributed by atoms with Crippen molar-refractivity contribution in [3.8, 4) is 0 Å². The summed E-state index contributed by atoms with van der Waals surface area (Å²) >= 11 is 1.58. The lowest BCUT2D eigenvalue weighted by atomic mass is 9.78. The van der Waals surface area contributed by atoms with E-state index in [1.54, 1.807) is 11.3 Å². The first kappa shape index (κ1) is 13.5. The topological polar surface area (TPSA) is 76.2 Å². The Morgan fingerprint density at radius 2 is 2.28 bits per heavy atom. The summed E-state index contributed by atoms with van der Waals surface area (Å²) in [5.74, 6) is -0.0216. The lowest BCUT2D eigenvalue weighted by molar-refractivity contribution is -0.136. The summed E-state index contributed by atoms with van der Waals surface area (Å²) in [6.45, 7) is 2.26. The number of carboxylic acid groups (broad SMARTS) is 1. The number of aromatic nitrogens is 1. The van der Waals surface area contributed by atoms with E-state index in [0.717, 1.165) is 42.3 Å². The zero-order chi connectivity index (χ0) is 13.2. The van der Waals surface area contributed by atoms with Crippen molar-refractivity contribution in [1.29, 1.82) is 0 Å². The van der Waals surface area contributed by atoms with Gasteiger partial charge >= 0.3 is 5.97 Å². The number of hydrogen-bond donors (Lipinski definition) is 2. The van der Waals surface area contributed by atoms with Gasteiger partial charge in [-0.25, -0.2) is 4.98 Å². The molecule has 3 N–H and O–H groups in total. The van der Waals surface area contributed by atoms with E-state index < -0.39 is 5.97 Å². The predicted molar refractivity (Wildman–Crippen MR) is 71.6 cm³/mol. The highest BCUT2D eigenvalue weighted by atomic mass is 32.1. The van der Waals surface area contributed by atoms with E-state index in [9.17, 15) is 4.79 Å². The van der Waals surface area contributed by atoms with Gasteiger partial charge in [-0.05, 0) is 31.6 Å². The molecular weight excluding hydrogens is 248 g/mol. The Labute approximate surface area is 111 Å². The number of carboxylic acids is 1. The van der Waals surface area contributed by atoms with Gasteiger partial charge in [0.15, 0.2) is 0 Å². The Morgan fingerprint density at radius 3 is 2.89 bits per heavy atom. The summed E-state index contributed by atoms with van der Waals surface area (Å²) in [7, 11) is 0. The summed E-state index contributed by atoms with van der Waals surface area (Å²) in [4.78, 5) is 15.1. The standard InChI is InChI=1S/C13H20N2O2S/c1-9-4-6-13(14,7-5-9)12-15-10(8-18-12)2-3-11(16)17/h8-9H,2-7,14H2,1H3,(H,16,17). The van der Waals surface area contributed by atoms with Crippen LogP contribution < -0.4 is 5.73 Å². The van der Waals surface area contributed by atoms with Crippen LogP contribution in [0.5, 0.6) is 0 Å². The molecule has 2 rings (SSSR count). The van der Waals surface area contributed by atoms with E-state index in [0.29, 0.717) is 6.42 Å². The number of aryl methyl sites for hydroxylation is 1. The zero-order valence-electron chi connectivity index (χ0n) is 10.7. The molecule has 100 valence electrons. The van der Waals surface area contributed by atoms with Crippen molar-refractivity contribution in [3.63, 3.8) is 0 Å². The predicted octanol–water partition coefficient (Wildman–Crippen LogP) is 2.52. The monoisotopic (exact) mass is 268 g/mol. The second kappa shape index (κ2) is 5.36. The van der Waals surface area contributed by atoms with Gasteiger partial charge in [-0.2, -0.15) is 0 Å². The zero-order valence-corrected chi connectivity index (χ0v) is 11.5. The molecule has 1 fully saturated rings. The van der Waals surface area contributed by atoms with Crippen LogP contribution in [0.15, 0.2) is 5.38 Å². The van der Waals surface area contributed by atoms with Crippen molar-refractivity contribution in [1.82, 2.24) is 4.98 Å². The molecule has 0 aliphatic heterocycles. The highest BCUT2D eigenvalue weighted by Gasteiger charge is 2.34. The summed E-state index contributed by atoms with van der Waals surface area (Å²) < 4.78 is 0. The molecule has 1 aliphatic carbocycles. The van der Waals surface area contributed by atoms with Crippen LogP contribution in [0.25, 0.3) is 0 Å². The molecule has 4 nitrogen and oxygen atoms in total. The summed E-state index contributed by atoms with van der Waals surface area (Å²) in [6, 6.07) is 0. The second-order valence-corrected chi connectivity index (χ2v) is 6.23. The lowest BCUT2D eigenvalue weighted by Gasteiger charge is -2.34. The molecule has 1 aliphatic rings. The molecule has 1 aromatic rings. The molecule has 1 heterocycles. The van der Waals surface area contributed by atoms with Crippen LogP contribution in [0, 0.1) is 5.92 Å². The molecule has 5 heteroatoms. The fraction of sp³-hybridized carbons (Fsp3) is 0.692. The lowest BCUT2D eigenvalue weighted by Crippen LogP contribution is -2.40. The molecule has 0 radical (unpaired) electrons. The van der Waals surface area contributed by atoms with Gasteiger partial charge in [0.25, 0.3) is 0 Å². The molecule has 1 saturated carbocycles. The van der Waals surface area contributed by atoms with Crippen molar-refractivity contribution >= 4 is 17.3 Å². The molecule has 0 atom stereocenters. The maximum absolute atomic E-state index is 10.5. The van der Waals surface area contributed by atoms with Gasteiger partial charge in [0.2, 0.25) is 0 Å². The van der Waals surface area contributed by atoms with Crippen molar-refractivity contribution in [2.24, 2.45) is 11.7 Å². The molecule has 0 saturated heterocycles. The number of thiazole rings is 1. The fourth-order valence-electron chi connectivity index (χ4n) is 2.38. The Bertz CT molecular complexity index is 422. The Hall–Kier alpha value is -0.940. The average molecular weight is 268 g/mol. The number of aliphatic carboxylic acids is 1. The number of nitrogens with zero attached hydrogens (tertiary/aromatic N) is 1. The molecule has 0 amide bonds. The maximum Gasteiger partial charge on any atom is 0.303 e. The van der Waals surface area contributed by atoms with Crippen LogP contribution >= 0.6 is 11.3 Å². The molecule has 0 bridgehead atoms. The largest absolute Gasteiger partial charge is 0.481 e. The van der Waals surface area contributed by atoms with Crippen molar-refractivity contribution in [2.75, 3.05) is 0 Å². The first-order valence-electron chi connectivity index (χ1n) is 6.45. The Balaban J connectivity index is 2.02. The molecule has 0 aromatic carbocycles. The average Bonchev–Trinajstić information content (AvgIpc) is 2.80. The molecule has 0 unspecified atom stereocenters. The van der Waals surface area contributed by atoms with E-state index in [1.165, 1.54) is 0 Å². The van der Waals surface area contributed by atoms with E-state index in [2.05, 4.69) is 11.9 Å². The third kappa shape index (κ3) is 3.09. The quantitative estimate of drug-likeness (QED) is 0.879. The second-order valence-electron chi connectivity index (χ2n) is 5.38. The first-order valence-corrected chi connectivity index (χ1v) is 7.33. The highest BCUT2D eigenvalue weighted by Crippen LogP contribution is 2.38. The molecule has 1 aromatic heterocycles. The number of hydrogen-bond acceptors (Lipinski definition) is 4. The third-order valence-electron chi connectivity index (χ3n) is 3.74. The van der Waals surface area contributed by atoms with Crippen LogP contribution in [0.4, 0.5) is 0 Å². The molecular formula is C13H20N2O2S. The van der Waals surface area contributed by atoms with Crippen molar-refractivity contribution in [2.45, 2.75) is 51.0 Å². The summed E-state index contributed by atoms with van der Waals surface area (Å²) in [6.07, 6.45) is 4.91. The van der Waals surface area contributed by atoms with Gasteiger partial charge in [0.05, 0.1) is 17.7 Å². The normalized spacial score (nSPS) is 28.2. The SMILES string of the molecule is CC1CCC(N)(c2nc(CCC(=O)O)cs2)CC1. The number of nitrogens with two attached hydrogens (primary N) is 1. The van der Waals surface area contributed by atoms with E-state index in [1.807, 2.05) is 5.38 Å². The van der Waals surface area contributed by atoms with Gasteiger partial charge < -0.3 is 10.8 Å². The van der Waals surface area contributed by atoms with Crippen LogP contribution in [0.2, 0.25) is 0 Å². The maximum atomic E-state index is 10.5.